The Bertz CT molecular complexity index is 1520. The third-order valence-corrected chi connectivity index (χ3v) is 10.5. The van der Waals surface area contributed by atoms with E-state index in [1.54, 1.807) is 0 Å². The van der Waals surface area contributed by atoms with Crippen LogP contribution in [-0.4, -0.2) is 8.07 Å². The first-order valence-corrected chi connectivity index (χ1v) is 14.1. The molecule has 0 nitrogen and oxygen atoms in total. The van der Waals surface area contributed by atoms with Crippen molar-refractivity contribution in [1.82, 2.24) is 0 Å². The van der Waals surface area contributed by atoms with Gasteiger partial charge in [0.1, 0.15) is 0 Å². The van der Waals surface area contributed by atoms with Crippen molar-refractivity contribution in [2.24, 2.45) is 0 Å². The normalized spacial score (nSPS) is 12.2. The van der Waals surface area contributed by atoms with Gasteiger partial charge in [-0.2, -0.15) is 0 Å². The molecule has 13 heteroatoms. The van der Waals surface area contributed by atoms with Gasteiger partial charge < -0.3 is 0 Å². The van der Waals surface area contributed by atoms with Crippen LogP contribution >= 0.6 is 23.2 Å². The van der Waals surface area contributed by atoms with E-state index in [0.717, 1.165) is 12.2 Å². The van der Waals surface area contributed by atoms with Gasteiger partial charge in [-0.25, -0.2) is 43.9 Å². The number of rotatable bonds is 6. The van der Waals surface area contributed by atoms with Gasteiger partial charge in [-0.3, -0.25) is 0 Å². The van der Waals surface area contributed by atoms with E-state index in [1.165, 1.54) is 48.5 Å². The first kappa shape index (κ1) is 30.4. The fourth-order valence-corrected chi connectivity index (χ4v) is 8.14. The van der Waals surface area contributed by atoms with Gasteiger partial charge >= 0.3 is 0 Å². The quantitative estimate of drug-likeness (QED) is 0.0862. The van der Waals surface area contributed by atoms with Gasteiger partial charge in [0.05, 0.1) is 0 Å². The van der Waals surface area contributed by atoms with Crippen molar-refractivity contribution in [2.75, 3.05) is 0 Å². The lowest BCUT2D eigenvalue weighted by molar-refractivity contribution is 0.382. The lowest BCUT2D eigenvalue weighted by Gasteiger charge is -2.29. The molecule has 0 aliphatic rings. The van der Waals surface area contributed by atoms with Gasteiger partial charge in [0.2, 0.25) is 11.6 Å². The third-order valence-electron chi connectivity index (χ3n) is 6.06. The second-order valence-electron chi connectivity index (χ2n) is 8.53. The molecule has 0 spiro atoms. The number of hydrogen-bond donors (Lipinski definition) is 0. The van der Waals surface area contributed by atoms with Crippen molar-refractivity contribution >= 4 is 53.8 Å². The van der Waals surface area contributed by atoms with Gasteiger partial charge in [-0.05, 0) is 35.4 Å². The molecule has 0 saturated heterocycles. The summed E-state index contributed by atoms with van der Waals surface area (Å²) in [7, 11) is -5.51. The summed E-state index contributed by atoms with van der Waals surface area (Å²) in [6, 6.07) is 10.6. The van der Waals surface area contributed by atoms with Gasteiger partial charge in [0, 0.05) is 20.4 Å². The maximum atomic E-state index is 15.4. The Morgan fingerprint density at radius 1 is 0.390 bits per heavy atom. The van der Waals surface area contributed by atoms with E-state index in [4.69, 9.17) is 23.2 Å². The zero-order valence-electron chi connectivity index (χ0n) is 20.0. The molecule has 0 radical (unpaired) electrons. The number of halogens is 12. The average molecular weight is 637 g/mol. The minimum Gasteiger partial charge on any atom is -0.204 e. The van der Waals surface area contributed by atoms with Crippen LogP contribution in [0.25, 0.3) is 12.2 Å². The van der Waals surface area contributed by atoms with Gasteiger partial charge in [-0.1, -0.05) is 71.0 Å². The van der Waals surface area contributed by atoms with Gasteiger partial charge in [-0.15, -0.1) is 0 Å². The van der Waals surface area contributed by atoms with Crippen LogP contribution in [0, 0.1) is 58.2 Å². The van der Waals surface area contributed by atoms with E-state index in [2.05, 4.69) is 0 Å². The Labute approximate surface area is 236 Å². The monoisotopic (exact) mass is 636 g/mol. The first-order chi connectivity index (χ1) is 19.3. The lowest BCUT2D eigenvalue weighted by Crippen LogP contribution is -2.62. The molecule has 0 unspecified atom stereocenters. The summed E-state index contributed by atoms with van der Waals surface area (Å²) in [5.74, 6) is -25.2. The molecule has 0 saturated carbocycles. The van der Waals surface area contributed by atoms with E-state index in [0.29, 0.717) is 11.4 Å². The van der Waals surface area contributed by atoms with Crippen LogP contribution in [0.4, 0.5) is 43.9 Å². The molecule has 4 aromatic carbocycles. The first-order valence-electron chi connectivity index (χ1n) is 11.2. The minimum absolute atomic E-state index is 0.138. The maximum Gasteiger partial charge on any atom is 0.200 e. The van der Waals surface area contributed by atoms with Crippen LogP contribution in [0.3, 0.4) is 0 Å². The number of hydrogen-bond acceptors (Lipinski definition) is 0. The zero-order valence-corrected chi connectivity index (χ0v) is 22.5. The van der Waals surface area contributed by atoms with Crippen LogP contribution in [0.1, 0.15) is 11.1 Å². The SMILES string of the molecule is Fc1c(F)c(F)c([Si](/C=C/c2ccc(Cl)cc2)(/C=C/c2ccc(Cl)cc2)c2c(F)c(F)c(F)c(F)c2F)c(F)c1F. The Balaban J connectivity index is 2.23. The molecule has 0 bridgehead atoms. The predicted molar refractivity (Wildman–Crippen MR) is 138 cm³/mol. The summed E-state index contributed by atoms with van der Waals surface area (Å²) < 4.78 is 147. The summed E-state index contributed by atoms with van der Waals surface area (Å²) in [5, 5.41) is -3.08. The van der Waals surface area contributed by atoms with Crippen LogP contribution in [0.5, 0.6) is 0 Å². The van der Waals surface area contributed by atoms with E-state index < -0.39 is 76.6 Å². The van der Waals surface area contributed by atoms with Crippen molar-refractivity contribution in [2.45, 2.75) is 0 Å². The highest BCUT2D eigenvalue weighted by molar-refractivity contribution is 7.10. The van der Waals surface area contributed by atoms with Crippen LogP contribution in [0.15, 0.2) is 59.9 Å². The average Bonchev–Trinajstić information content (AvgIpc) is 2.96. The molecular weight excluding hydrogens is 625 g/mol. The second kappa shape index (κ2) is 11.7. The molecule has 4 aromatic rings. The molecule has 0 aliphatic heterocycles. The lowest BCUT2D eigenvalue weighted by atomic mass is 10.2. The standard InChI is InChI=1S/C28H12Cl2F10Si/c29-15-5-1-13(2-6-15)9-11-41(12-10-14-3-7-16(30)8-4-14,27-23(37)19(33)17(31)20(34)24(27)38)28-25(39)21(35)18(32)22(36)26(28)40/h1-12H/b11-9+,12-10+. The predicted octanol–water partition coefficient (Wildman–Crippen LogP) is 8.45. The Hall–Kier alpha value is -3.54. The van der Waals surface area contributed by atoms with E-state index in [9.17, 15) is 26.3 Å². The van der Waals surface area contributed by atoms with Crippen molar-refractivity contribution < 1.29 is 43.9 Å². The van der Waals surface area contributed by atoms with Crippen LogP contribution in [-0.2, 0) is 0 Å². The Morgan fingerprint density at radius 3 is 0.902 bits per heavy atom. The molecule has 0 heterocycles. The molecule has 0 amide bonds. The molecular formula is C28H12Cl2F10Si. The van der Waals surface area contributed by atoms with Crippen LogP contribution < -0.4 is 10.4 Å². The van der Waals surface area contributed by atoms with Crippen molar-refractivity contribution in [3.63, 3.8) is 0 Å². The van der Waals surface area contributed by atoms with E-state index >= 15 is 17.6 Å². The second-order valence-corrected chi connectivity index (χ2v) is 12.8. The minimum atomic E-state index is -5.51. The summed E-state index contributed by atoms with van der Waals surface area (Å²) in [6.45, 7) is 0. The highest BCUT2D eigenvalue weighted by atomic mass is 35.5. The maximum absolute atomic E-state index is 15.4. The molecule has 4 rings (SSSR count). The molecule has 0 fully saturated rings. The van der Waals surface area contributed by atoms with Crippen molar-refractivity contribution in [1.29, 1.82) is 0 Å². The fourth-order valence-electron chi connectivity index (χ4n) is 4.05. The van der Waals surface area contributed by atoms with Crippen molar-refractivity contribution in [3.05, 3.63) is 139 Å². The summed E-state index contributed by atoms with van der Waals surface area (Å²) in [5.41, 5.74) is 1.64. The van der Waals surface area contributed by atoms with Gasteiger partial charge in [0.15, 0.2) is 54.6 Å². The Kier molecular flexibility index (Phi) is 8.72. The topological polar surface area (TPSA) is 0 Å². The number of benzene rings is 4. The molecule has 0 aliphatic carbocycles. The highest BCUT2D eigenvalue weighted by Gasteiger charge is 2.47. The third kappa shape index (κ3) is 5.53. The molecule has 0 N–H and O–H groups in total. The Morgan fingerprint density at radius 2 is 0.634 bits per heavy atom. The summed E-state index contributed by atoms with van der Waals surface area (Å²) >= 11 is 11.7. The van der Waals surface area contributed by atoms with Crippen LogP contribution in [0.2, 0.25) is 10.0 Å². The fraction of sp³-hybridized carbons (Fsp3) is 0. The molecule has 0 atom stereocenters. The zero-order chi connectivity index (χ0) is 30.2. The van der Waals surface area contributed by atoms with Gasteiger partial charge in [0.25, 0.3) is 0 Å². The highest BCUT2D eigenvalue weighted by Crippen LogP contribution is 2.27. The summed E-state index contributed by atoms with van der Waals surface area (Å²) in [4.78, 5) is 0. The molecule has 41 heavy (non-hydrogen) atoms. The van der Waals surface area contributed by atoms with E-state index in [-0.39, 0.29) is 21.2 Å². The summed E-state index contributed by atoms with van der Waals surface area (Å²) in [6.07, 6.45) is 1.95. The molecule has 212 valence electrons. The largest absolute Gasteiger partial charge is 0.204 e. The van der Waals surface area contributed by atoms with Crippen molar-refractivity contribution in [3.8, 4) is 0 Å². The smallest absolute Gasteiger partial charge is 0.200 e. The molecule has 0 aromatic heterocycles. The van der Waals surface area contributed by atoms with E-state index in [1.807, 2.05) is 0 Å².